The number of aliphatic hydroxyl groups is 1. The minimum atomic E-state index is -1.11. The van der Waals surface area contributed by atoms with Gasteiger partial charge in [0.1, 0.15) is 23.1 Å². The Bertz CT molecular complexity index is 1370. The van der Waals surface area contributed by atoms with Crippen molar-refractivity contribution < 1.29 is 28.6 Å². The van der Waals surface area contributed by atoms with Crippen LogP contribution in [0.1, 0.15) is 31.0 Å². The van der Waals surface area contributed by atoms with E-state index in [9.17, 15) is 19.1 Å². The van der Waals surface area contributed by atoms with Crippen molar-refractivity contribution in [2.45, 2.75) is 19.9 Å². The summed E-state index contributed by atoms with van der Waals surface area (Å²) in [7, 11) is 0. The molecule has 3 aromatic rings. The highest BCUT2D eigenvalue weighted by Gasteiger charge is 2.47. The maximum Gasteiger partial charge on any atom is 0.300 e. The molecule has 1 heterocycles. The summed E-state index contributed by atoms with van der Waals surface area (Å²) < 4.78 is 25.3. The number of nitrogens with zero attached hydrogens (tertiary/aromatic N) is 1. The van der Waals surface area contributed by atoms with Crippen molar-refractivity contribution in [3.8, 4) is 11.5 Å². The lowest BCUT2D eigenvalue weighted by Crippen LogP contribution is -2.29. The van der Waals surface area contributed by atoms with Crippen molar-refractivity contribution in [1.29, 1.82) is 0 Å². The Balaban J connectivity index is 1.97. The molecule has 1 aliphatic heterocycles. The number of hydrogen-bond acceptors (Lipinski definition) is 5. The fourth-order valence-corrected chi connectivity index (χ4v) is 4.40. The van der Waals surface area contributed by atoms with Gasteiger partial charge in [-0.1, -0.05) is 35.3 Å². The summed E-state index contributed by atoms with van der Waals surface area (Å²) in [5, 5.41) is 11.9. The third-order valence-electron chi connectivity index (χ3n) is 5.61. The predicted octanol–water partition coefficient (Wildman–Crippen LogP) is 6.56. The Morgan fingerprint density at radius 1 is 0.972 bits per heavy atom. The molecule has 0 spiro atoms. The lowest BCUT2D eigenvalue weighted by atomic mass is 9.94. The molecular weight excluding hydrogens is 508 g/mol. The number of aliphatic hydroxyl groups excluding tert-OH is 1. The van der Waals surface area contributed by atoms with Gasteiger partial charge >= 0.3 is 0 Å². The largest absolute Gasteiger partial charge is 0.507 e. The lowest BCUT2D eigenvalue weighted by molar-refractivity contribution is -0.132. The standard InChI is InChI=1S/C27H22Cl2FNO5/c1-3-35-18-9-10-19(22(14-18)36-4-2)25(32)23-24(15-8-11-20(28)21(29)12-15)31(27(34)26(23)33)17-7-5-6-16(30)13-17/h5-14,24,32H,3-4H2,1-2H3/b25-23-. The summed E-state index contributed by atoms with van der Waals surface area (Å²) in [5.74, 6) is -2.13. The van der Waals surface area contributed by atoms with E-state index in [0.717, 1.165) is 11.0 Å². The highest BCUT2D eigenvalue weighted by molar-refractivity contribution is 6.52. The van der Waals surface area contributed by atoms with Crippen molar-refractivity contribution in [3.05, 3.63) is 93.2 Å². The summed E-state index contributed by atoms with van der Waals surface area (Å²) in [6.45, 7) is 4.31. The van der Waals surface area contributed by atoms with Gasteiger partial charge in [0.05, 0.1) is 40.4 Å². The number of hydrogen-bond donors (Lipinski definition) is 1. The summed E-state index contributed by atoms with van der Waals surface area (Å²) in [6.07, 6.45) is 0. The van der Waals surface area contributed by atoms with E-state index in [1.807, 2.05) is 6.92 Å². The van der Waals surface area contributed by atoms with E-state index in [-0.39, 0.29) is 39.2 Å². The molecule has 1 saturated heterocycles. The van der Waals surface area contributed by atoms with Crippen LogP contribution < -0.4 is 14.4 Å². The molecule has 1 aliphatic rings. The average molecular weight is 530 g/mol. The Morgan fingerprint density at radius 3 is 2.39 bits per heavy atom. The topological polar surface area (TPSA) is 76.1 Å². The van der Waals surface area contributed by atoms with Crippen LogP contribution in [0, 0.1) is 5.82 Å². The molecule has 0 aromatic heterocycles. The zero-order chi connectivity index (χ0) is 26.0. The van der Waals surface area contributed by atoms with Gasteiger partial charge < -0.3 is 14.6 Å². The first kappa shape index (κ1) is 25.5. The Labute approximate surface area is 217 Å². The van der Waals surface area contributed by atoms with Crippen LogP contribution in [0.25, 0.3) is 5.76 Å². The fraction of sp³-hybridized carbons (Fsp3) is 0.185. The number of anilines is 1. The van der Waals surface area contributed by atoms with E-state index in [4.69, 9.17) is 32.7 Å². The highest BCUT2D eigenvalue weighted by atomic mass is 35.5. The molecule has 6 nitrogen and oxygen atoms in total. The van der Waals surface area contributed by atoms with Crippen molar-refractivity contribution in [3.63, 3.8) is 0 Å². The van der Waals surface area contributed by atoms with Gasteiger partial charge in [0.25, 0.3) is 11.7 Å². The normalized spacial score (nSPS) is 16.9. The molecule has 0 aliphatic carbocycles. The lowest BCUT2D eigenvalue weighted by Gasteiger charge is -2.26. The summed E-state index contributed by atoms with van der Waals surface area (Å²) in [5.41, 5.74) is 0.539. The zero-order valence-electron chi connectivity index (χ0n) is 19.4. The molecular formula is C27H22Cl2FNO5. The molecule has 4 rings (SSSR count). The average Bonchev–Trinajstić information content (AvgIpc) is 3.11. The van der Waals surface area contributed by atoms with Crippen LogP contribution in [0.15, 0.2) is 66.2 Å². The molecule has 0 bridgehead atoms. The smallest absolute Gasteiger partial charge is 0.300 e. The molecule has 9 heteroatoms. The molecule has 0 radical (unpaired) electrons. The van der Waals surface area contributed by atoms with Gasteiger partial charge in [0, 0.05) is 11.8 Å². The van der Waals surface area contributed by atoms with Gasteiger partial charge in [-0.3, -0.25) is 14.5 Å². The summed E-state index contributed by atoms with van der Waals surface area (Å²) >= 11 is 12.3. The van der Waals surface area contributed by atoms with Gasteiger partial charge in [-0.05, 0) is 61.9 Å². The van der Waals surface area contributed by atoms with Crippen molar-refractivity contribution in [2.24, 2.45) is 0 Å². The van der Waals surface area contributed by atoms with Crippen LogP contribution in [0.5, 0.6) is 11.5 Å². The van der Waals surface area contributed by atoms with Gasteiger partial charge in [0.15, 0.2) is 0 Å². The second-order valence-electron chi connectivity index (χ2n) is 7.85. The maximum atomic E-state index is 14.1. The Kier molecular flexibility index (Phi) is 7.52. The number of carbonyl (C=O) groups is 2. The van der Waals surface area contributed by atoms with Gasteiger partial charge in [-0.15, -0.1) is 0 Å². The molecule has 1 fully saturated rings. The quantitative estimate of drug-likeness (QED) is 0.213. The minimum Gasteiger partial charge on any atom is -0.507 e. The van der Waals surface area contributed by atoms with Gasteiger partial charge in [-0.25, -0.2) is 4.39 Å². The second-order valence-corrected chi connectivity index (χ2v) is 8.66. The van der Waals surface area contributed by atoms with E-state index in [0.29, 0.717) is 17.9 Å². The number of carbonyl (C=O) groups excluding carboxylic acids is 2. The molecule has 3 aromatic carbocycles. The first-order valence-corrected chi connectivity index (χ1v) is 11.9. The van der Waals surface area contributed by atoms with Crippen LogP contribution in [0.4, 0.5) is 10.1 Å². The van der Waals surface area contributed by atoms with Gasteiger partial charge in [0.2, 0.25) is 0 Å². The van der Waals surface area contributed by atoms with Crippen molar-refractivity contribution in [1.82, 2.24) is 0 Å². The molecule has 0 saturated carbocycles. The number of rotatable bonds is 7. The first-order valence-electron chi connectivity index (χ1n) is 11.2. The van der Waals surface area contributed by atoms with Crippen LogP contribution in [-0.2, 0) is 9.59 Å². The predicted molar refractivity (Wildman–Crippen MR) is 136 cm³/mol. The number of Topliss-reactive ketones (excluding diaryl/α,β-unsaturated/α-hetero) is 1. The maximum absolute atomic E-state index is 14.1. The zero-order valence-corrected chi connectivity index (χ0v) is 20.9. The highest BCUT2D eigenvalue weighted by Crippen LogP contribution is 2.44. The van der Waals surface area contributed by atoms with Crippen LogP contribution in [0.3, 0.4) is 0 Å². The summed E-state index contributed by atoms with van der Waals surface area (Å²) in [4.78, 5) is 27.7. The van der Waals surface area contributed by atoms with E-state index < -0.39 is 29.3 Å². The molecule has 1 atom stereocenters. The van der Waals surface area contributed by atoms with E-state index in [1.54, 1.807) is 31.2 Å². The minimum absolute atomic E-state index is 0.143. The second kappa shape index (κ2) is 10.6. The SMILES string of the molecule is CCOc1ccc(/C(O)=C2/C(=O)C(=O)N(c3cccc(F)c3)C2c2ccc(Cl)c(Cl)c2)c(OCC)c1. The van der Waals surface area contributed by atoms with E-state index >= 15 is 0 Å². The van der Waals surface area contributed by atoms with Crippen LogP contribution in [-0.4, -0.2) is 30.0 Å². The molecule has 1 amide bonds. The van der Waals surface area contributed by atoms with Gasteiger partial charge in [-0.2, -0.15) is 0 Å². The summed E-state index contributed by atoms with van der Waals surface area (Å²) in [6, 6.07) is 13.6. The number of ketones is 1. The third-order valence-corrected chi connectivity index (χ3v) is 6.35. The third kappa shape index (κ3) is 4.76. The molecule has 36 heavy (non-hydrogen) atoms. The monoisotopic (exact) mass is 529 g/mol. The number of halogens is 3. The molecule has 1 unspecified atom stereocenters. The van der Waals surface area contributed by atoms with Crippen molar-refractivity contribution >= 4 is 46.3 Å². The van der Waals surface area contributed by atoms with E-state index in [2.05, 4.69) is 0 Å². The molecule has 186 valence electrons. The number of ether oxygens (including phenoxy) is 2. The molecule has 1 N–H and O–H groups in total. The first-order chi connectivity index (χ1) is 17.3. The van der Waals surface area contributed by atoms with E-state index in [1.165, 1.54) is 30.3 Å². The number of amides is 1. The van der Waals surface area contributed by atoms with Crippen LogP contribution >= 0.6 is 23.2 Å². The number of benzene rings is 3. The van der Waals surface area contributed by atoms with Crippen LogP contribution in [0.2, 0.25) is 10.0 Å². The Hall–Kier alpha value is -3.55. The Morgan fingerprint density at radius 2 is 1.72 bits per heavy atom. The fourth-order valence-electron chi connectivity index (χ4n) is 4.10. The van der Waals surface area contributed by atoms with Crippen molar-refractivity contribution in [2.75, 3.05) is 18.1 Å².